The fraction of sp³-hybridized carbons (Fsp3) is 0.167. The SMILES string of the molecule is COc1ccc(NC(=O)/C=C/c2cccc(C(F)(F)F)c2)cc1OC(F)F. The van der Waals surface area contributed by atoms with Crippen LogP contribution in [-0.2, 0) is 11.0 Å². The highest BCUT2D eigenvalue weighted by Gasteiger charge is 2.30. The lowest BCUT2D eigenvalue weighted by molar-refractivity contribution is -0.137. The summed E-state index contributed by atoms with van der Waals surface area (Å²) in [5.74, 6) is -0.888. The highest BCUT2D eigenvalue weighted by molar-refractivity contribution is 6.02. The van der Waals surface area contributed by atoms with Crippen LogP contribution in [0.1, 0.15) is 11.1 Å². The fourth-order valence-electron chi connectivity index (χ4n) is 2.12. The van der Waals surface area contributed by atoms with Crippen molar-refractivity contribution in [1.29, 1.82) is 0 Å². The first-order valence-electron chi connectivity index (χ1n) is 7.48. The van der Waals surface area contributed by atoms with Gasteiger partial charge in [0.05, 0.1) is 12.7 Å². The molecule has 0 saturated heterocycles. The monoisotopic (exact) mass is 387 g/mol. The van der Waals surface area contributed by atoms with Gasteiger partial charge < -0.3 is 14.8 Å². The molecule has 0 unspecified atom stereocenters. The molecule has 0 aliphatic carbocycles. The Balaban J connectivity index is 2.10. The minimum atomic E-state index is -4.49. The Morgan fingerprint density at radius 1 is 1.11 bits per heavy atom. The third kappa shape index (κ3) is 5.98. The smallest absolute Gasteiger partial charge is 0.416 e. The number of methoxy groups -OCH3 is 1. The van der Waals surface area contributed by atoms with Crippen LogP contribution in [0.3, 0.4) is 0 Å². The molecule has 0 aliphatic heterocycles. The van der Waals surface area contributed by atoms with Crippen LogP contribution in [0, 0.1) is 0 Å². The molecule has 0 aromatic heterocycles. The molecular weight excluding hydrogens is 373 g/mol. The molecular formula is C18H14F5NO3. The van der Waals surface area contributed by atoms with Gasteiger partial charge in [-0.3, -0.25) is 4.79 Å². The van der Waals surface area contributed by atoms with E-state index in [-0.39, 0.29) is 22.7 Å². The Morgan fingerprint density at radius 3 is 2.48 bits per heavy atom. The topological polar surface area (TPSA) is 47.6 Å². The van der Waals surface area contributed by atoms with Crippen molar-refractivity contribution in [2.24, 2.45) is 0 Å². The third-order valence-corrected chi connectivity index (χ3v) is 3.29. The molecule has 27 heavy (non-hydrogen) atoms. The molecule has 2 rings (SSSR count). The summed E-state index contributed by atoms with van der Waals surface area (Å²) in [7, 11) is 1.27. The number of halogens is 5. The molecule has 9 heteroatoms. The number of anilines is 1. The van der Waals surface area contributed by atoms with Crippen molar-refractivity contribution in [2.75, 3.05) is 12.4 Å². The molecule has 0 bridgehead atoms. The molecule has 144 valence electrons. The number of benzene rings is 2. The predicted molar refractivity (Wildman–Crippen MR) is 88.7 cm³/mol. The molecule has 1 N–H and O–H groups in total. The van der Waals surface area contributed by atoms with Crippen molar-refractivity contribution >= 4 is 17.7 Å². The molecule has 1 amide bonds. The number of carbonyl (C=O) groups excluding carboxylic acids is 1. The average molecular weight is 387 g/mol. The van der Waals surface area contributed by atoms with Crippen molar-refractivity contribution in [3.05, 3.63) is 59.7 Å². The Labute approximate surface area is 151 Å². The van der Waals surface area contributed by atoms with Gasteiger partial charge in [-0.1, -0.05) is 12.1 Å². The van der Waals surface area contributed by atoms with Crippen LogP contribution in [0.2, 0.25) is 0 Å². The number of amides is 1. The van der Waals surface area contributed by atoms with E-state index in [4.69, 9.17) is 4.74 Å². The molecule has 0 fully saturated rings. The Kier molecular flexibility index (Phi) is 6.38. The lowest BCUT2D eigenvalue weighted by Crippen LogP contribution is -2.09. The van der Waals surface area contributed by atoms with E-state index in [0.29, 0.717) is 0 Å². The van der Waals surface area contributed by atoms with Crippen LogP contribution >= 0.6 is 0 Å². The summed E-state index contributed by atoms with van der Waals surface area (Å²) in [6, 6.07) is 8.29. The van der Waals surface area contributed by atoms with E-state index in [0.717, 1.165) is 24.3 Å². The highest BCUT2D eigenvalue weighted by atomic mass is 19.4. The van der Waals surface area contributed by atoms with E-state index in [9.17, 15) is 26.7 Å². The zero-order chi connectivity index (χ0) is 20.0. The second-order valence-electron chi connectivity index (χ2n) is 5.19. The molecule has 0 saturated carbocycles. The number of carbonyl (C=O) groups is 1. The lowest BCUT2D eigenvalue weighted by Gasteiger charge is -2.11. The van der Waals surface area contributed by atoms with Gasteiger partial charge in [-0.05, 0) is 35.9 Å². The van der Waals surface area contributed by atoms with Gasteiger partial charge in [0.15, 0.2) is 11.5 Å². The minimum absolute atomic E-state index is 0.0489. The molecule has 0 spiro atoms. The summed E-state index contributed by atoms with van der Waals surface area (Å²) in [5, 5.41) is 2.39. The van der Waals surface area contributed by atoms with Crippen LogP contribution in [0.15, 0.2) is 48.5 Å². The van der Waals surface area contributed by atoms with Gasteiger partial charge >= 0.3 is 12.8 Å². The summed E-state index contributed by atoms with van der Waals surface area (Å²) in [4.78, 5) is 11.9. The highest BCUT2D eigenvalue weighted by Crippen LogP contribution is 2.32. The molecule has 2 aromatic rings. The Morgan fingerprint density at radius 2 is 1.85 bits per heavy atom. The first kappa shape index (κ1) is 20.2. The van der Waals surface area contributed by atoms with Gasteiger partial charge in [0.25, 0.3) is 0 Å². The molecule has 0 atom stereocenters. The fourth-order valence-corrected chi connectivity index (χ4v) is 2.12. The Bertz CT molecular complexity index is 834. The van der Waals surface area contributed by atoms with Gasteiger partial charge in [-0.15, -0.1) is 0 Å². The second-order valence-corrected chi connectivity index (χ2v) is 5.19. The van der Waals surface area contributed by atoms with Gasteiger partial charge in [0.2, 0.25) is 5.91 Å². The lowest BCUT2D eigenvalue weighted by atomic mass is 10.1. The van der Waals surface area contributed by atoms with E-state index >= 15 is 0 Å². The quantitative estimate of drug-likeness (QED) is 0.563. The van der Waals surface area contributed by atoms with E-state index in [1.165, 1.54) is 37.5 Å². The van der Waals surface area contributed by atoms with E-state index in [1.54, 1.807) is 0 Å². The molecule has 0 radical (unpaired) electrons. The van der Waals surface area contributed by atoms with Crippen LogP contribution in [0.5, 0.6) is 11.5 Å². The van der Waals surface area contributed by atoms with E-state index in [2.05, 4.69) is 10.1 Å². The molecule has 2 aromatic carbocycles. The number of hydrogen-bond donors (Lipinski definition) is 1. The van der Waals surface area contributed by atoms with Crippen LogP contribution in [0.4, 0.5) is 27.6 Å². The largest absolute Gasteiger partial charge is 0.493 e. The number of ether oxygens (including phenoxy) is 2. The predicted octanol–water partition coefficient (Wildman–Crippen LogP) is 4.97. The number of alkyl halides is 5. The van der Waals surface area contributed by atoms with Gasteiger partial charge in [-0.2, -0.15) is 22.0 Å². The van der Waals surface area contributed by atoms with Crippen molar-refractivity contribution in [2.45, 2.75) is 12.8 Å². The number of nitrogens with one attached hydrogen (secondary N) is 1. The van der Waals surface area contributed by atoms with Gasteiger partial charge in [0.1, 0.15) is 0 Å². The summed E-state index contributed by atoms with van der Waals surface area (Å²) in [5.41, 5.74) is -0.518. The minimum Gasteiger partial charge on any atom is -0.493 e. The van der Waals surface area contributed by atoms with E-state index in [1.807, 2.05) is 0 Å². The summed E-state index contributed by atoms with van der Waals surface area (Å²) >= 11 is 0. The number of rotatable bonds is 6. The van der Waals surface area contributed by atoms with Crippen LogP contribution < -0.4 is 14.8 Å². The Hall–Kier alpha value is -3.10. The maximum atomic E-state index is 12.7. The number of hydrogen-bond acceptors (Lipinski definition) is 3. The van der Waals surface area contributed by atoms with Gasteiger partial charge in [-0.25, -0.2) is 0 Å². The third-order valence-electron chi connectivity index (χ3n) is 3.29. The van der Waals surface area contributed by atoms with E-state index < -0.39 is 24.3 Å². The van der Waals surface area contributed by atoms with Crippen molar-refractivity contribution < 1.29 is 36.2 Å². The zero-order valence-electron chi connectivity index (χ0n) is 13.9. The van der Waals surface area contributed by atoms with Crippen molar-refractivity contribution in [3.8, 4) is 11.5 Å². The molecule has 0 aliphatic rings. The molecule has 4 nitrogen and oxygen atoms in total. The maximum Gasteiger partial charge on any atom is 0.416 e. The summed E-state index contributed by atoms with van der Waals surface area (Å²) in [6.45, 7) is -3.08. The second kappa shape index (κ2) is 8.52. The standard InChI is InChI=1S/C18H14F5NO3/c1-26-14-7-6-13(10-15(14)27-17(19)20)24-16(25)8-5-11-3-2-4-12(9-11)18(21,22)23/h2-10,17H,1H3,(H,24,25)/b8-5+. The molecule has 0 heterocycles. The first-order valence-corrected chi connectivity index (χ1v) is 7.48. The van der Waals surface area contributed by atoms with Crippen molar-refractivity contribution in [3.63, 3.8) is 0 Å². The van der Waals surface area contributed by atoms with Crippen LogP contribution in [-0.4, -0.2) is 19.6 Å². The maximum absolute atomic E-state index is 12.7. The van der Waals surface area contributed by atoms with Gasteiger partial charge in [0, 0.05) is 17.8 Å². The first-order chi connectivity index (χ1) is 12.7. The summed E-state index contributed by atoms with van der Waals surface area (Å²) in [6.07, 6.45) is -2.27. The average Bonchev–Trinajstić information content (AvgIpc) is 2.59. The zero-order valence-corrected chi connectivity index (χ0v) is 13.9. The summed E-state index contributed by atoms with van der Waals surface area (Å²) < 4.78 is 72.0. The van der Waals surface area contributed by atoms with Crippen molar-refractivity contribution in [1.82, 2.24) is 0 Å². The normalized spacial score (nSPS) is 11.7. The van der Waals surface area contributed by atoms with Crippen LogP contribution in [0.25, 0.3) is 6.08 Å².